The van der Waals surface area contributed by atoms with E-state index >= 15 is 0 Å². The zero-order valence-electron chi connectivity index (χ0n) is 14.8. The van der Waals surface area contributed by atoms with Crippen LogP contribution in [0.1, 0.15) is 5.56 Å². The van der Waals surface area contributed by atoms with Crippen LogP contribution in [0.25, 0.3) is 6.08 Å². The molecule has 4 nitrogen and oxygen atoms in total. The number of nitrogens with one attached hydrogen (secondary N) is 1. The average Bonchev–Trinajstić information content (AvgIpc) is 2.66. The highest BCUT2D eigenvalue weighted by Gasteiger charge is 2.18. The van der Waals surface area contributed by atoms with Crippen LogP contribution in [0, 0.1) is 3.57 Å². The van der Waals surface area contributed by atoms with Crippen molar-refractivity contribution >= 4 is 40.3 Å². The van der Waals surface area contributed by atoms with E-state index in [1.807, 2.05) is 30.3 Å². The maximum Gasteiger partial charge on any atom is 0.238 e. The van der Waals surface area contributed by atoms with Crippen molar-refractivity contribution in [2.45, 2.75) is 0 Å². The van der Waals surface area contributed by atoms with Crippen LogP contribution in [0.2, 0.25) is 0 Å². The van der Waals surface area contributed by atoms with E-state index in [0.29, 0.717) is 6.54 Å². The standard InChI is InChI=1S/C21H24IN3O/c22-19-8-10-20(11-9-19)23-21(26)17-25-15-13-24(14-16-25)12-4-7-18-5-2-1-3-6-18/h1-11H,12-17H2,(H,23,26). The normalized spacial score (nSPS) is 16.0. The molecule has 1 aliphatic heterocycles. The number of piperazine rings is 1. The summed E-state index contributed by atoms with van der Waals surface area (Å²) >= 11 is 2.26. The molecule has 1 aliphatic rings. The Hall–Kier alpha value is -1.70. The van der Waals surface area contributed by atoms with E-state index in [4.69, 9.17) is 0 Å². The molecule has 1 saturated heterocycles. The van der Waals surface area contributed by atoms with E-state index in [1.165, 1.54) is 5.56 Å². The zero-order chi connectivity index (χ0) is 18.2. The summed E-state index contributed by atoms with van der Waals surface area (Å²) in [5, 5.41) is 2.97. The predicted molar refractivity (Wildman–Crippen MR) is 116 cm³/mol. The van der Waals surface area contributed by atoms with Crippen LogP contribution in [0.15, 0.2) is 60.7 Å². The molecule has 136 valence electrons. The van der Waals surface area contributed by atoms with Gasteiger partial charge in [0.25, 0.3) is 0 Å². The summed E-state index contributed by atoms with van der Waals surface area (Å²) in [6.07, 6.45) is 4.38. The van der Waals surface area contributed by atoms with Gasteiger partial charge in [-0.15, -0.1) is 0 Å². The highest BCUT2D eigenvalue weighted by molar-refractivity contribution is 14.1. The molecule has 2 aromatic carbocycles. The molecular weight excluding hydrogens is 437 g/mol. The summed E-state index contributed by atoms with van der Waals surface area (Å²) in [5.74, 6) is 0.0589. The van der Waals surface area contributed by atoms with Gasteiger partial charge in [-0.2, -0.15) is 0 Å². The van der Waals surface area contributed by atoms with Gasteiger partial charge in [0, 0.05) is 42.0 Å². The number of anilines is 1. The quantitative estimate of drug-likeness (QED) is 0.669. The maximum atomic E-state index is 12.2. The molecule has 1 N–H and O–H groups in total. The second-order valence-corrected chi connectivity index (χ2v) is 7.69. The molecule has 0 aliphatic carbocycles. The molecule has 5 heteroatoms. The lowest BCUT2D eigenvalue weighted by Crippen LogP contribution is -2.48. The van der Waals surface area contributed by atoms with Crippen molar-refractivity contribution in [3.05, 3.63) is 69.8 Å². The molecule has 0 saturated carbocycles. The van der Waals surface area contributed by atoms with E-state index in [9.17, 15) is 4.79 Å². The number of nitrogens with zero attached hydrogens (tertiary/aromatic N) is 2. The fraction of sp³-hybridized carbons (Fsp3) is 0.286. The summed E-state index contributed by atoms with van der Waals surface area (Å²) in [6.45, 7) is 5.27. The number of benzene rings is 2. The zero-order valence-corrected chi connectivity index (χ0v) is 16.9. The van der Waals surface area contributed by atoms with Gasteiger partial charge in [0.2, 0.25) is 5.91 Å². The van der Waals surface area contributed by atoms with Crippen molar-refractivity contribution in [3.8, 4) is 0 Å². The van der Waals surface area contributed by atoms with Crippen LogP contribution in [0.4, 0.5) is 5.69 Å². The van der Waals surface area contributed by atoms with Crippen LogP contribution in [-0.2, 0) is 4.79 Å². The average molecular weight is 461 g/mol. The number of hydrogen-bond donors (Lipinski definition) is 1. The first kappa shape index (κ1) is 19.1. The van der Waals surface area contributed by atoms with Crippen LogP contribution in [0.5, 0.6) is 0 Å². The second kappa shape index (κ2) is 9.85. The van der Waals surface area contributed by atoms with Crippen LogP contribution in [-0.4, -0.2) is 55.0 Å². The van der Waals surface area contributed by atoms with Crippen molar-refractivity contribution in [3.63, 3.8) is 0 Å². The number of amides is 1. The third-order valence-electron chi connectivity index (χ3n) is 4.43. The van der Waals surface area contributed by atoms with Gasteiger partial charge >= 0.3 is 0 Å². The lowest BCUT2D eigenvalue weighted by molar-refractivity contribution is -0.117. The summed E-state index contributed by atoms with van der Waals surface area (Å²) in [7, 11) is 0. The van der Waals surface area contributed by atoms with Gasteiger partial charge in [0.15, 0.2) is 0 Å². The molecule has 1 amide bonds. The first-order valence-electron chi connectivity index (χ1n) is 8.91. The van der Waals surface area contributed by atoms with E-state index < -0.39 is 0 Å². The summed E-state index contributed by atoms with van der Waals surface area (Å²) in [4.78, 5) is 16.8. The fourth-order valence-corrected chi connectivity index (χ4v) is 3.33. The molecule has 1 heterocycles. The van der Waals surface area contributed by atoms with Crippen LogP contribution >= 0.6 is 22.6 Å². The van der Waals surface area contributed by atoms with Gasteiger partial charge in [-0.1, -0.05) is 42.5 Å². The van der Waals surface area contributed by atoms with Crippen molar-refractivity contribution in [1.82, 2.24) is 9.80 Å². The Morgan fingerprint density at radius 1 is 0.962 bits per heavy atom. The van der Waals surface area contributed by atoms with Gasteiger partial charge in [0.05, 0.1) is 6.54 Å². The highest BCUT2D eigenvalue weighted by Crippen LogP contribution is 2.11. The minimum Gasteiger partial charge on any atom is -0.325 e. The molecule has 26 heavy (non-hydrogen) atoms. The third kappa shape index (κ3) is 6.23. The predicted octanol–water partition coefficient (Wildman–Crippen LogP) is 3.56. The molecule has 0 radical (unpaired) electrons. The molecule has 0 aromatic heterocycles. The molecule has 0 unspecified atom stereocenters. The Labute approximate surface area is 169 Å². The molecule has 0 bridgehead atoms. The van der Waals surface area contributed by atoms with E-state index in [0.717, 1.165) is 42.0 Å². The van der Waals surface area contributed by atoms with E-state index in [-0.39, 0.29) is 5.91 Å². The fourth-order valence-electron chi connectivity index (χ4n) is 2.97. The van der Waals surface area contributed by atoms with E-state index in [1.54, 1.807) is 0 Å². The lowest BCUT2D eigenvalue weighted by Gasteiger charge is -2.33. The summed E-state index contributed by atoms with van der Waals surface area (Å²) < 4.78 is 1.16. The van der Waals surface area contributed by atoms with Gasteiger partial charge in [0.1, 0.15) is 0 Å². The smallest absolute Gasteiger partial charge is 0.238 e. The highest BCUT2D eigenvalue weighted by atomic mass is 127. The molecule has 1 fully saturated rings. The minimum absolute atomic E-state index is 0.0589. The van der Waals surface area contributed by atoms with Gasteiger partial charge in [-0.05, 0) is 52.4 Å². The molecule has 3 rings (SSSR count). The molecule has 0 spiro atoms. The number of carbonyl (C=O) groups excluding carboxylic acids is 1. The number of halogens is 1. The largest absolute Gasteiger partial charge is 0.325 e. The Morgan fingerprint density at radius 3 is 2.31 bits per heavy atom. The number of hydrogen-bond acceptors (Lipinski definition) is 3. The van der Waals surface area contributed by atoms with Gasteiger partial charge in [-0.25, -0.2) is 0 Å². The number of carbonyl (C=O) groups is 1. The first-order chi connectivity index (χ1) is 12.7. The Bertz CT molecular complexity index is 723. The van der Waals surface area contributed by atoms with Gasteiger partial charge in [-0.3, -0.25) is 14.6 Å². The molecule has 0 atom stereocenters. The van der Waals surface area contributed by atoms with Crippen LogP contribution < -0.4 is 5.32 Å². The minimum atomic E-state index is 0.0589. The molecule has 2 aromatic rings. The lowest BCUT2D eigenvalue weighted by atomic mass is 10.2. The Morgan fingerprint density at radius 2 is 1.62 bits per heavy atom. The topological polar surface area (TPSA) is 35.6 Å². The van der Waals surface area contributed by atoms with E-state index in [2.05, 4.69) is 74.1 Å². The summed E-state index contributed by atoms with van der Waals surface area (Å²) in [6, 6.07) is 18.2. The number of rotatable bonds is 6. The maximum absolute atomic E-state index is 12.2. The molecular formula is C21H24IN3O. The monoisotopic (exact) mass is 461 g/mol. The third-order valence-corrected chi connectivity index (χ3v) is 5.15. The Balaban J connectivity index is 1.37. The van der Waals surface area contributed by atoms with Crippen LogP contribution in [0.3, 0.4) is 0 Å². The first-order valence-corrected chi connectivity index (χ1v) is 9.99. The SMILES string of the molecule is O=C(CN1CCN(CC=Cc2ccccc2)CC1)Nc1ccc(I)cc1. The second-order valence-electron chi connectivity index (χ2n) is 6.44. The van der Waals surface area contributed by atoms with Gasteiger partial charge < -0.3 is 5.32 Å². The summed E-state index contributed by atoms with van der Waals surface area (Å²) in [5.41, 5.74) is 2.10. The Kier molecular flexibility index (Phi) is 7.22. The van der Waals surface area contributed by atoms with Crippen molar-refractivity contribution in [2.75, 3.05) is 44.6 Å². The van der Waals surface area contributed by atoms with Crippen molar-refractivity contribution < 1.29 is 4.79 Å². The van der Waals surface area contributed by atoms with Crippen molar-refractivity contribution in [1.29, 1.82) is 0 Å². The van der Waals surface area contributed by atoms with Crippen molar-refractivity contribution in [2.24, 2.45) is 0 Å².